The van der Waals surface area contributed by atoms with Gasteiger partial charge in [-0.15, -0.1) is 0 Å². The predicted octanol–water partition coefficient (Wildman–Crippen LogP) is 0.976. The number of carbonyl (C=O) groups is 2. The number of hydrogen-bond donors (Lipinski definition) is 2. The van der Waals surface area contributed by atoms with Gasteiger partial charge in [0.1, 0.15) is 5.54 Å². The molecule has 1 amide bonds. The molecular formula is C13H24N2O3. The molecule has 2 unspecified atom stereocenters. The Morgan fingerprint density at radius 1 is 1.50 bits per heavy atom. The molecule has 0 bridgehead atoms. The van der Waals surface area contributed by atoms with Crippen LogP contribution in [0.3, 0.4) is 0 Å². The molecule has 1 saturated heterocycles. The first-order valence-corrected chi connectivity index (χ1v) is 6.64. The van der Waals surface area contributed by atoms with E-state index in [1.165, 1.54) is 7.11 Å². The molecule has 1 aliphatic rings. The fourth-order valence-electron chi connectivity index (χ4n) is 2.45. The van der Waals surface area contributed by atoms with Crippen molar-refractivity contribution in [3.05, 3.63) is 0 Å². The zero-order chi connectivity index (χ0) is 13.6. The van der Waals surface area contributed by atoms with Crippen molar-refractivity contribution in [2.24, 2.45) is 0 Å². The average Bonchev–Trinajstić information content (AvgIpc) is 2.80. The molecule has 1 rings (SSSR count). The normalized spacial score (nSPS) is 22.3. The molecule has 0 aliphatic carbocycles. The smallest absolute Gasteiger partial charge is 0.331 e. The summed E-state index contributed by atoms with van der Waals surface area (Å²) in [5.74, 6) is -0.465. The van der Waals surface area contributed by atoms with Gasteiger partial charge in [0.05, 0.1) is 7.11 Å². The Bertz CT molecular complexity index is 301. The zero-order valence-electron chi connectivity index (χ0n) is 11.5. The SMILES string of the molecule is CCCC(C)(NC(=O)CC1CCCN1)C(=O)OC. The number of ether oxygens (including phenoxy) is 1. The largest absolute Gasteiger partial charge is 0.467 e. The molecule has 2 N–H and O–H groups in total. The summed E-state index contributed by atoms with van der Waals surface area (Å²) in [7, 11) is 1.35. The van der Waals surface area contributed by atoms with Crippen molar-refractivity contribution in [3.8, 4) is 0 Å². The van der Waals surface area contributed by atoms with Crippen molar-refractivity contribution in [3.63, 3.8) is 0 Å². The molecule has 0 radical (unpaired) electrons. The fourth-order valence-corrected chi connectivity index (χ4v) is 2.45. The van der Waals surface area contributed by atoms with Crippen molar-refractivity contribution < 1.29 is 14.3 Å². The number of rotatable bonds is 6. The summed E-state index contributed by atoms with van der Waals surface area (Å²) >= 11 is 0. The Labute approximate surface area is 109 Å². The molecular weight excluding hydrogens is 232 g/mol. The van der Waals surface area contributed by atoms with Gasteiger partial charge >= 0.3 is 5.97 Å². The molecule has 1 heterocycles. The van der Waals surface area contributed by atoms with E-state index < -0.39 is 5.54 Å². The third-order valence-electron chi connectivity index (χ3n) is 3.40. The topological polar surface area (TPSA) is 67.4 Å². The first kappa shape index (κ1) is 15.0. The summed E-state index contributed by atoms with van der Waals surface area (Å²) in [5, 5.41) is 6.09. The molecule has 18 heavy (non-hydrogen) atoms. The van der Waals surface area contributed by atoms with E-state index in [9.17, 15) is 9.59 Å². The van der Waals surface area contributed by atoms with Crippen LogP contribution >= 0.6 is 0 Å². The second kappa shape index (κ2) is 6.73. The standard InChI is InChI=1S/C13H24N2O3/c1-4-7-13(2,12(17)18-3)15-11(16)9-10-6-5-8-14-10/h10,14H,4-9H2,1-3H3,(H,15,16). The maximum absolute atomic E-state index is 12.0. The summed E-state index contributed by atoms with van der Waals surface area (Å²) in [6.45, 7) is 4.68. The molecule has 0 aromatic rings. The minimum absolute atomic E-state index is 0.0873. The van der Waals surface area contributed by atoms with Crippen molar-refractivity contribution in [1.82, 2.24) is 10.6 Å². The van der Waals surface area contributed by atoms with Gasteiger partial charge in [-0.25, -0.2) is 4.79 Å². The van der Waals surface area contributed by atoms with Crippen LogP contribution < -0.4 is 10.6 Å². The van der Waals surface area contributed by atoms with E-state index >= 15 is 0 Å². The summed E-state index contributed by atoms with van der Waals surface area (Å²) in [5.41, 5.74) is -0.904. The molecule has 5 heteroatoms. The van der Waals surface area contributed by atoms with Gasteiger partial charge < -0.3 is 15.4 Å². The zero-order valence-corrected chi connectivity index (χ0v) is 11.5. The lowest BCUT2D eigenvalue weighted by atomic mass is 9.95. The summed E-state index contributed by atoms with van der Waals surface area (Å²) < 4.78 is 4.77. The maximum Gasteiger partial charge on any atom is 0.331 e. The Morgan fingerprint density at radius 3 is 2.72 bits per heavy atom. The molecule has 1 aliphatic heterocycles. The Kier molecular flexibility index (Phi) is 5.59. The lowest BCUT2D eigenvalue weighted by Gasteiger charge is -2.28. The van der Waals surface area contributed by atoms with Gasteiger partial charge in [-0.2, -0.15) is 0 Å². The molecule has 104 valence electrons. The van der Waals surface area contributed by atoms with Gasteiger partial charge in [0.15, 0.2) is 0 Å². The van der Waals surface area contributed by atoms with Gasteiger partial charge in [-0.3, -0.25) is 4.79 Å². The van der Waals surface area contributed by atoms with Crippen molar-refractivity contribution in [2.45, 2.75) is 57.5 Å². The van der Waals surface area contributed by atoms with Gasteiger partial charge in [0.25, 0.3) is 0 Å². The van der Waals surface area contributed by atoms with Crippen LogP contribution in [0.5, 0.6) is 0 Å². The van der Waals surface area contributed by atoms with Gasteiger partial charge in [-0.05, 0) is 32.7 Å². The van der Waals surface area contributed by atoms with Crippen LogP contribution in [-0.4, -0.2) is 37.1 Å². The van der Waals surface area contributed by atoms with Crippen LogP contribution in [-0.2, 0) is 14.3 Å². The Morgan fingerprint density at radius 2 is 2.22 bits per heavy atom. The Balaban J connectivity index is 2.53. The molecule has 1 fully saturated rings. The summed E-state index contributed by atoms with van der Waals surface area (Å²) in [6, 6.07) is 0.244. The lowest BCUT2D eigenvalue weighted by Crippen LogP contribution is -2.53. The molecule has 0 saturated carbocycles. The lowest BCUT2D eigenvalue weighted by molar-refractivity contribution is -0.150. The van der Waals surface area contributed by atoms with E-state index in [0.717, 1.165) is 25.8 Å². The number of nitrogens with one attached hydrogen (secondary N) is 2. The van der Waals surface area contributed by atoms with Gasteiger partial charge in [0.2, 0.25) is 5.91 Å². The van der Waals surface area contributed by atoms with Crippen molar-refractivity contribution in [2.75, 3.05) is 13.7 Å². The third-order valence-corrected chi connectivity index (χ3v) is 3.40. The van der Waals surface area contributed by atoms with Crippen LogP contribution in [0.4, 0.5) is 0 Å². The van der Waals surface area contributed by atoms with E-state index in [4.69, 9.17) is 4.74 Å². The maximum atomic E-state index is 12.0. The van der Waals surface area contributed by atoms with E-state index in [2.05, 4.69) is 10.6 Å². The van der Waals surface area contributed by atoms with Crippen molar-refractivity contribution in [1.29, 1.82) is 0 Å². The quantitative estimate of drug-likeness (QED) is 0.695. The number of esters is 1. The highest BCUT2D eigenvalue weighted by atomic mass is 16.5. The highest BCUT2D eigenvalue weighted by Gasteiger charge is 2.35. The van der Waals surface area contributed by atoms with Crippen LogP contribution in [0, 0.1) is 0 Å². The number of methoxy groups -OCH3 is 1. The first-order chi connectivity index (χ1) is 8.51. The average molecular weight is 256 g/mol. The van der Waals surface area contributed by atoms with Gasteiger partial charge in [-0.1, -0.05) is 13.3 Å². The van der Waals surface area contributed by atoms with Crippen LogP contribution in [0.15, 0.2) is 0 Å². The van der Waals surface area contributed by atoms with E-state index in [-0.39, 0.29) is 17.9 Å². The third kappa shape index (κ3) is 3.98. The highest BCUT2D eigenvalue weighted by molar-refractivity contribution is 5.87. The minimum atomic E-state index is -0.904. The van der Waals surface area contributed by atoms with E-state index in [1.54, 1.807) is 6.92 Å². The van der Waals surface area contributed by atoms with Crippen molar-refractivity contribution >= 4 is 11.9 Å². The van der Waals surface area contributed by atoms with Crippen LogP contribution in [0.1, 0.15) is 46.0 Å². The monoisotopic (exact) mass is 256 g/mol. The van der Waals surface area contributed by atoms with Crippen LogP contribution in [0.2, 0.25) is 0 Å². The second-order valence-corrected chi connectivity index (χ2v) is 5.12. The van der Waals surface area contributed by atoms with E-state index in [0.29, 0.717) is 12.8 Å². The molecule has 0 spiro atoms. The summed E-state index contributed by atoms with van der Waals surface area (Å²) in [4.78, 5) is 23.7. The predicted molar refractivity (Wildman–Crippen MR) is 69.1 cm³/mol. The fraction of sp³-hybridized carbons (Fsp3) is 0.846. The molecule has 5 nitrogen and oxygen atoms in total. The second-order valence-electron chi connectivity index (χ2n) is 5.12. The highest BCUT2D eigenvalue weighted by Crippen LogP contribution is 2.16. The number of carbonyl (C=O) groups excluding carboxylic acids is 2. The molecule has 0 aromatic carbocycles. The molecule has 0 aromatic heterocycles. The number of hydrogen-bond acceptors (Lipinski definition) is 4. The minimum Gasteiger partial charge on any atom is -0.467 e. The first-order valence-electron chi connectivity index (χ1n) is 6.64. The Hall–Kier alpha value is -1.10. The van der Waals surface area contributed by atoms with E-state index in [1.807, 2.05) is 6.92 Å². The number of amides is 1. The molecule has 2 atom stereocenters. The van der Waals surface area contributed by atoms with Crippen LogP contribution in [0.25, 0.3) is 0 Å². The van der Waals surface area contributed by atoms with Gasteiger partial charge in [0, 0.05) is 12.5 Å². The summed E-state index contributed by atoms with van der Waals surface area (Å²) in [6.07, 6.45) is 3.96.